The Morgan fingerprint density at radius 3 is 2.80 bits per heavy atom. The highest BCUT2D eigenvalue weighted by Gasteiger charge is 2.19. The van der Waals surface area contributed by atoms with Gasteiger partial charge < -0.3 is 15.0 Å². The van der Waals surface area contributed by atoms with Crippen molar-refractivity contribution in [2.45, 2.75) is 20.3 Å². The largest absolute Gasteiger partial charge is 0.385 e. The average molecular weight is 274 g/mol. The van der Waals surface area contributed by atoms with Crippen LogP contribution < -0.4 is 5.32 Å². The van der Waals surface area contributed by atoms with Gasteiger partial charge >= 0.3 is 0 Å². The topological polar surface area (TPSA) is 54.1 Å². The SMILES string of the molecule is COCCC(C)(C)CNC(=O)c1cc2ccccc2[nH]1. The number of hydrogen-bond acceptors (Lipinski definition) is 2. The van der Waals surface area contributed by atoms with Gasteiger partial charge in [-0.2, -0.15) is 0 Å². The van der Waals surface area contributed by atoms with Gasteiger partial charge in [0, 0.05) is 31.2 Å². The lowest BCUT2D eigenvalue weighted by atomic mass is 9.90. The second kappa shape index (κ2) is 6.09. The molecule has 2 N–H and O–H groups in total. The van der Waals surface area contributed by atoms with E-state index in [1.54, 1.807) is 7.11 Å². The van der Waals surface area contributed by atoms with Crippen LogP contribution in [0.2, 0.25) is 0 Å². The molecule has 0 saturated heterocycles. The van der Waals surface area contributed by atoms with Crippen LogP contribution in [-0.2, 0) is 4.74 Å². The average Bonchev–Trinajstić information content (AvgIpc) is 2.86. The number of fused-ring (bicyclic) bond motifs is 1. The first-order valence-corrected chi connectivity index (χ1v) is 6.87. The van der Waals surface area contributed by atoms with Crippen molar-refractivity contribution in [3.63, 3.8) is 0 Å². The maximum absolute atomic E-state index is 12.2. The van der Waals surface area contributed by atoms with E-state index in [1.807, 2.05) is 30.3 Å². The fraction of sp³-hybridized carbons (Fsp3) is 0.438. The van der Waals surface area contributed by atoms with Gasteiger partial charge in [0.05, 0.1) is 0 Å². The first-order chi connectivity index (χ1) is 9.52. The highest BCUT2D eigenvalue weighted by Crippen LogP contribution is 2.19. The van der Waals surface area contributed by atoms with Gasteiger partial charge in [0.1, 0.15) is 5.69 Å². The van der Waals surface area contributed by atoms with Crippen LogP contribution in [0.5, 0.6) is 0 Å². The van der Waals surface area contributed by atoms with E-state index in [9.17, 15) is 4.79 Å². The van der Waals surface area contributed by atoms with E-state index in [4.69, 9.17) is 4.74 Å². The summed E-state index contributed by atoms with van der Waals surface area (Å²) in [5.74, 6) is -0.0632. The number of methoxy groups -OCH3 is 1. The minimum absolute atomic E-state index is 0.0255. The third-order valence-electron chi connectivity index (χ3n) is 3.49. The number of H-pyrrole nitrogens is 1. The van der Waals surface area contributed by atoms with Crippen molar-refractivity contribution < 1.29 is 9.53 Å². The lowest BCUT2D eigenvalue weighted by molar-refractivity contribution is 0.0917. The maximum Gasteiger partial charge on any atom is 0.267 e. The molecular weight excluding hydrogens is 252 g/mol. The molecule has 0 spiro atoms. The molecule has 0 aliphatic rings. The first kappa shape index (κ1) is 14.6. The molecule has 108 valence electrons. The van der Waals surface area contributed by atoms with E-state index in [2.05, 4.69) is 24.1 Å². The normalized spacial score (nSPS) is 11.8. The zero-order valence-corrected chi connectivity index (χ0v) is 12.3. The Hall–Kier alpha value is -1.81. The molecule has 0 aliphatic carbocycles. The molecule has 0 aliphatic heterocycles. The number of aromatic amines is 1. The Morgan fingerprint density at radius 1 is 1.35 bits per heavy atom. The number of para-hydroxylation sites is 1. The molecule has 0 atom stereocenters. The van der Waals surface area contributed by atoms with Crippen molar-refractivity contribution in [1.29, 1.82) is 0 Å². The Balaban J connectivity index is 1.98. The number of aromatic nitrogens is 1. The van der Waals surface area contributed by atoms with Crippen molar-refractivity contribution in [3.8, 4) is 0 Å². The zero-order chi connectivity index (χ0) is 14.6. The van der Waals surface area contributed by atoms with Crippen molar-refractivity contribution in [2.24, 2.45) is 5.41 Å². The number of hydrogen-bond donors (Lipinski definition) is 2. The first-order valence-electron chi connectivity index (χ1n) is 6.87. The van der Waals surface area contributed by atoms with E-state index in [-0.39, 0.29) is 11.3 Å². The molecule has 0 fully saturated rings. The summed E-state index contributed by atoms with van der Waals surface area (Å²) >= 11 is 0. The van der Waals surface area contributed by atoms with Crippen LogP contribution in [0.3, 0.4) is 0 Å². The predicted molar refractivity (Wildman–Crippen MR) is 80.9 cm³/mol. The van der Waals surface area contributed by atoms with E-state index < -0.39 is 0 Å². The van der Waals surface area contributed by atoms with E-state index in [0.717, 1.165) is 17.3 Å². The predicted octanol–water partition coefficient (Wildman–Crippen LogP) is 2.96. The van der Waals surface area contributed by atoms with Crippen LogP contribution in [0.15, 0.2) is 30.3 Å². The number of amides is 1. The molecular formula is C16H22N2O2. The fourth-order valence-electron chi connectivity index (χ4n) is 2.08. The van der Waals surface area contributed by atoms with Gasteiger partial charge in [0.15, 0.2) is 0 Å². The van der Waals surface area contributed by atoms with Gasteiger partial charge in [-0.25, -0.2) is 0 Å². The Kier molecular flexibility index (Phi) is 4.45. The fourth-order valence-corrected chi connectivity index (χ4v) is 2.08. The number of benzene rings is 1. The van der Waals surface area contributed by atoms with Crippen LogP contribution in [0.1, 0.15) is 30.8 Å². The number of nitrogens with one attached hydrogen (secondary N) is 2. The molecule has 1 aromatic heterocycles. The summed E-state index contributed by atoms with van der Waals surface area (Å²) in [6, 6.07) is 9.76. The third-order valence-corrected chi connectivity index (χ3v) is 3.49. The molecule has 0 saturated carbocycles. The molecule has 0 bridgehead atoms. The monoisotopic (exact) mass is 274 g/mol. The highest BCUT2D eigenvalue weighted by molar-refractivity contribution is 5.97. The van der Waals surface area contributed by atoms with Crippen LogP contribution in [-0.4, -0.2) is 31.2 Å². The summed E-state index contributed by atoms with van der Waals surface area (Å²) < 4.78 is 5.09. The van der Waals surface area contributed by atoms with Gasteiger partial charge in [-0.15, -0.1) is 0 Å². The molecule has 0 radical (unpaired) electrons. The molecule has 0 unspecified atom stereocenters. The number of carbonyl (C=O) groups excluding carboxylic acids is 1. The number of rotatable bonds is 6. The summed E-state index contributed by atoms with van der Waals surface area (Å²) in [5.41, 5.74) is 1.61. The van der Waals surface area contributed by atoms with Crippen LogP contribution >= 0.6 is 0 Å². The van der Waals surface area contributed by atoms with Crippen LogP contribution in [0.4, 0.5) is 0 Å². The van der Waals surface area contributed by atoms with E-state index in [1.165, 1.54) is 0 Å². The summed E-state index contributed by atoms with van der Waals surface area (Å²) in [4.78, 5) is 15.3. The van der Waals surface area contributed by atoms with Crippen molar-refractivity contribution in [3.05, 3.63) is 36.0 Å². The van der Waals surface area contributed by atoms with Crippen LogP contribution in [0, 0.1) is 5.41 Å². The molecule has 2 aromatic rings. The minimum Gasteiger partial charge on any atom is -0.385 e. The van der Waals surface area contributed by atoms with Gasteiger partial charge in [-0.05, 0) is 24.0 Å². The number of ether oxygens (including phenoxy) is 1. The molecule has 1 aromatic carbocycles. The second-order valence-corrected chi connectivity index (χ2v) is 5.86. The maximum atomic E-state index is 12.2. The van der Waals surface area contributed by atoms with Crippen molar-refractivity contribution in [1.82, 2.24) is 10.3 Å². The molecule has 4 nitrogen and oxygen atoms in total. The van der Waals surface area contributed by atoms with Gasteiger partial charge in [0.2, 0.25) is 0 Å². The minimum atomic E-state index is -0.0632. The van der Waals surface area contributed by atoms with Gasteiger partial charge in [-0.3, -0.25) is 4.79 Å². The summed E-state index contributed by atoms with van der Waals surface area (Å²) in [7, 11) is 1.69. The van der Waals surface area contributed by atoms with E-state index in [0.29, 0.717) is 18.8 Å². The second-order valence-electron chi connectivity index (χ2n) is 5.86. The lowest BCUT2D eigenvalue weighted by Gasteiger charge is -2.24. The summed E-state index contributed by atoms with van der Waals surface area (Å²) in [5, 5.41) is 4.04. The molecule has 20 heavy (non-hydrogen) atoms. The molecule has 4 heteroatoms. The van der Waals surface area contributed by atoms with E-state index >= 15 is 0 Å². The Bertz CT molecular complexity index is 554. The molecule has 2 rings (SSSR count). The lowest BCUT2D eigenvalue weighted by Crippen LogP contribution is -2.34. The van der Waals surface area contributed by atoms with Gasteiger partial charge in [-0.1, -0.05) is 32.0 Å². The standard InChI is InChI=1S/C16H22N2O2/c1-16(2,8-9-20-3)11-17-15(19)14-10-12-6-4-5-7-13(12)18-14/h4-7,10,18H,8-9,11H2,1-3H3,(H,17,19). The van der Waals surface area contributed by atoms with Crippen molar-refractivity contribution >= 4 is 16.8 Å². The molecule has 1 heterocycles. The van der Waals surface area contributed by atoms with Crippen molar-refractivity contribution in [2.75, 3.05) is 20.3 Å². The number of carbonyl (C=O) groups is 1. The highest BCUT2D eigenvalue weighted by atomic mass is 16.5. The smallest absolute Gasteiger partial charge is 0.267 e. The molecule has 1 amide bonds. The Labute approximate surface area is 119 Å². The quantitative estimate of drug-likeness (QED) is 0.851. The third kappa shape index (κ3) is 3.61. The zero-order valence-electron chi connectivity index (χ0n) is 12.3. The summed E-state index contributed by atoms with van der Waals surface area (Å²) in [6.45, 7) is 5.58. The Morgan fingerprint density at radius 2 is 2.10 bits per heavy atom. The van der Waals surface area contributed by atoms with Gasteiger partial charge in [0.25, 0.3) is 5.91 Å². The van der Waals surface area contributed by atoms with Crippen LogP contribution in [0.25, 0.3) is 10.9 Å². The summed E-state index contributed by atoms with van der Waals surface area (Å²) in [6.07, 6.45) is 0.913.